The van der Waals surface area contributed by atoms with Crippen LogP contribution in [-0.4, -0.2) is 56.1 Å². The Morgan fingerprint density at radius 3 is 2.30 bits per heavy atom. The van der Waals surface area contributed by atoms with Gasteiger partial charge in [0.1, 0.15) is 0 Å². The van der Waals surface area contributed by atoms with Crippen molar-refractivity contribution in [1.29, 1.82) is 0 Å². The molecule has 0 saturated carbocycles. The summed E-state index contributed by atoms with van der Waals surface area (Å²) < 4.78 is 11.0. The molecule has 1 atom stereocenters. The van der Waals surface area contributed by atoms with Crippen LogP contribution in [0.5, 0.6) is 0 Å². The second-order valence-electron chi connectivity index (χ2n) is 9.62. The molecule has 5 nitrogen and oxygen atoms in total. The van der Waals surface area contributed by atoms with Crippen LogP contribution in [-0.2, 0) is 9.50 Å². The van der Waals surface area contributed by atoms with E-state index in [4.69, 9.17) is 0 Å². The average Bonchev–Trinajstić information content (AvgIpc) is 2.63. The van der Waals surface area contributed by atoms with Crippen LogP contribution in [0.3, 0.4) is 0 Å². The Balaban J connectivity index is 3.00. The normalized spacial score (nSPS) is 12.5. The summed E-state index contributed by atoms with van der Waals surface area (Å²) in [7, 11) is 2.69. The summed E-state index contributed by atoms with van der Waals surface area (Å²) in [5.41, 5.74) is 3.19. The zero-order valence-corrected chi connectivity index (χ0v) is 20.2. The molecule has 0 radical (unpaired) electrons. The summed E-state index contributed by atoms with van der Waals surface area (Å²) in [6, 6.07) is 8.17. The van der Waals surface area contributed by atoms with Gasteiger partial charge < -0.3 is 0 Å². The maximum absolute atomic E-state index is 13.1. The summed E-state index contributed by atoms with van der Waals surface area (Å²) in [5.74, 6) is 0.337. The third-order valence-electron chi connectivity index (χ3n) is 5.06. The van der Waals surface area contributed by atoms with Crippen LogP contribution in [0.25, 0.3) is 0 Å². The van der Waals surface area contributed by atoms with E-state index >= 15 is 0 Å². The topological polar surface area (TPSA) is 52.7 Å². The predicted molar refractivity (Wildman–Crippen MR) is 127 cm³/mol. The number of rotatable bonds is 12. The second-order valence-corrected chi connectivity index (χ2v) is 9.62. The van der Waals surface area contributed by atoms with Crippen molar-refractivity contribution in [3.8, 4) is 0 Å². The standard InChI is InChI=1S/C24H40BN3O2/c1-18(2)13-14-28(21-11-9-20(5)10-12-21)16-24(6,7)26-23(29)22(15-19(3)4)27(8)17-25-30/h9-13,19,22H,14-17H2,1-8H3,(H,26,29). The zero-order valence-electron chi connectivity index (χ0n) is 20.2. The van der Waals surface area contributed by atoms with E-state index in [9.17, 15) is 9.50 Å². The Kier molecular flexibility index (Phi) is 10.5. The number of carbonyl (C=O) groups excluding carboxylic acids is 1. The van der Waals surface area contributed by atoms with Crippen LogP contribution >= 0.6 is 0 Å². The van der Waals surface area contributed by atoms with Crippen LogP contribution in [0.1, 0.15) is 53.5 Å². The molecule has 0 aliphatic carbocycles. The molecule has 1 rings (SSSR count). The number of carbonyl (C=O) groups is 1. The minimum atomic E-state index is -0.436. The third-order valence-corrected chi connectivity index (χ3v) is 5.06. The van der Waals surface area contributed by atoms with Crippen LogP contribution in [0.2, 0.25) is 0 Å². The Hall–Kier alpha value is -1.95. The molecule has 30 heavy (non-hydrogen) atoms. The van der Waals surface area contributed by atoms with Crippen LogP contribution in [0.15, 0.2) is 35.9 Å². The SMILES string of the molecule is CC(C)=CCN(CC(C)(C)NC(=O)C(CC(C)C)N(C)CB=O)c1ccc(C)cc1. The molecule has 0 aliphatic heterocycles. The number of likely N-dealkylation sites (N-methyl/N-ethyl adjacent to an activating group) is 1. The van der Waals surface area contributed by atoms with Crippen LogP contribution in [0.4, 0.5) is 5.69 Å². The predicted octanol–water partition coefficient (Wildman–Crippen LogP) is 4.02. The summed E-state index contributed by atoms with van der Waals surface area (Å²) in [5, 5.41) is 3.24. The van der Waals surface area contributed by atoms with E-state index < -0.39 is 5.54 Å². The van der Waals surface area contributed by atoms with Gasteiger partial charge in [-0.05, 0) is 6.92 Å². The van der Waals surface area contributed by atoms with Gasteiger partial charge in [-0.3, -0.25) is 0 Å². The van der Waals surface area contributed by atoms with Gasteiger partial charge in [0.15, 0.2) is 0 Å². The summed E-state index contributed by atoms with van der Waals surface area (Å²) in [4.78, 5) is 17.3. The number of allylic oxidation sites excluding steroid dienone is 1. The fraction of sp³-hybridized carbons (Fsp3) is 0.625. The van der Waals surface area contributed by atoms with Gasteiger partial charge in [-0.15, -0.1) is 0 Å². The van der Waals surface area contributed by atoms with E-state index in [1.807, 2.05) is 11.9 Å². The molecule has 0 fully saturated rings. The molecule has 1 N–H and O–H groups in total. The van der Waals surface area contributed by atoms with E-state index in [-0.39, 0.29) is 18.4 Å². The first-order chi connectivity index (χ1) is 13.9. The number of benzene rings is 1. The van der Waals surface area contributed by atoms with Gasteiger partial charge in [0.2, 0.25) is 0 Å². The number of amides is 1. The number of hydrogen-bond acceptors (Lipinski definition) is 4. The van der Waals surface area contributed by atoms with Crippen molar-refractivity contribution in [1.82, 2.24) is 10.2 Å². The van der Waals surface area contributed by atoms with Gasteiger partial charge in [0.25, 0.3) is 0 Å². The molecule has 0 heterocycles. The van der Waals surface area contributed by atoms with Gasteiger partial charge in [-0.1, -0.05) is 0 Å². The molecule has 1 aromatic carbocycles. The number of hydrogen-bond donors (Lipinski definition) is 1. The van der Waals surface area contributed by atoms with Crippen molar-refractivity contribution in [3.05, 3.63) is 41.5 Å². The Bertz CT molecular complexity index is 710. The Labute approximate surface area is 184 Å². The molecule has 6 heteroatoms. The van der Waals surface area contributed by atoms with Gasteiger partial charge in [0, 0.05) is 0 Å². The number of nitrogens with zero attached hydrogens (tertiary/aromatic N) is 2. The van der Waals surface area contributed by atoms with Gasteiger partial charge in [0.05, 0.1) is 0 Å². The van der Waals surface area contributed by atoms with Crippen LogP contribution in [0, 0.1) is 12.8 Å². The molecule has 166 valence electrons. The fourth-order valence-corrected chi connectivity index (χ4v) is 3.42. The number of aryl methyl sites for hydroxylation is 1. The van der Waals surface area contributed by atoms with Crippen molar-refractivity contribution in [2.24, 2.45) is 5.92 Å². The fourth-order valence-electron chi connectivity index (χ4n) is 3.42. The van der Waals surface area contributed by atoms with Crippen molar-refractivity contribution in [2.75, 3.05) is 31.5 Å². The molecular formula is C24H40BN3O2. The molecule has 1 unspecified atom stereocenters. The van der Waals surface area contributed by atoms with Crippen molar-refractivity contribution >= 4 is 18.7 Å². The van der Waals surface area contributed by atoms with E-state index in [2.05, 4.69) is 89.0 Å². The van der Waals surface area contributed by atoms with Crippen LogP contribution < -0.4 is 10.2 Å². The Morgan fingerprint density at radius 2 is 1.80 bits per heavy atom. The van der Waals surface area contributed by atoms with Crippen molar-refractivity contribution in [3.63, 3.8) is 0 Å². The monoisotopic (exact) mass is 413 g/mol. The van der Waals surface area contributed by atoms with E-state index in [0.717, 1.165) is 19.4 Å². The first-order valence-electron chi connectivity index (χ1n) is 10.9. The van der Waals surface area contributed by atoms with Crippen molar-refractivity contribution in [2.45, 2.75) is 66.5 Å². The first-order valence-corrected chi connectivity index (χ1v) is 10.9. The summed E-state index contributed by atoms with van der Waals surface area (Å²) >= 11 is 0. The molecule has 0 spiro atoms. The van der Waals surface area contributed by atoms with Crippen molar-refractivity contribution < 1.29 is 9.50 Å². The maximum atomic E-state index is 13.1. The van der Waals surface area contributed by atoms with Gasteiger partial charge >= 0.3 is 177 Å². The molecule has 1 amide bonds. The third kappa shape index (κ3) is 9.25. The quantitative estimate of drug-likeness (QED) is 0.416. The molecular weight excluding hydrogens is 373 g/mol. The molecule has 0 saturated heterocycles. The molecule has 0 aromatic heterocycles. The minimum absolute atomic E-state index is 0.0240. The second kappa shape index (κ2) is 12.0. The summed E-state index contributed by atoms with van der Waals surface area (Å²) in [6.45, 7) is 16.0. The van der Waals surface area contributed by atoms with E-state index in [1.54, 1.807) is 0 Å². The Morgan fingerprint density at radius 1 is 1.20 bits per heavy atom. The molecule has 0 aliphatic rings. The van der Waals surface area contributed by atoms with E-state index in [0.29, 0.717) is 18.9 Å². The number of nitrogens with one attached hydrogen (secondary N) is 1. The first kappa shape index (κ1) is 26.1. The summed E-state index contributed by atoms with van der Waals surface area (Å²) in [6.07, 6.45) is 3.17. The molecule has 0 bridgehead atoms. The van der Waals surface area contributed by atoms with Gasteiger partial charge in [-0.2, -0.15) is 0 Å². The molecule has 1 aromatic rings. The zero-order chi connectivity index (χ0) is 22.9. The number of anilines is 1. The average molecular weight is 413 g/mol. The van der Waals surface area contributed by atoms with Gasteiger partial charge in [-0.25, -0.2) is 0 Å². The van der Waals surface area contributed by atoms with E-state index in [1.165, 1.54) is 11.1 Å².